The van der Waals surface area contributed by atoms with Crippen LogP contribution in [0.3, 0.4) is 0 Å². The molecule has 0 aliphatic carbocycles. The molecule has 3 rings (SSSR count). The molecule has 3 heterocycles. The third kappa shape index (κ3) is 4.80. The van der Waals surface area contributed by atoms with Crippen molar-refractivity contribution in [1.82, 2.24) is 15.1 Å². The van der Waals surface area contributed by atoms with Crippen molar-refractivity contribution in [3.63, 3.8) is 0 Å². The number of nitrogens with one attached hydrogen (secondary N) is 1. The molecule has 5 heteroatoms. The normalized spacial score (nSPS) is 33.6. The number of rotatable bonds is 3. The molecule has 3 fully saturated rings. The highest BCUT2D eigenvalue weighted by atomic mass is 35.5. The third-order valence-electron chi connectivity index (χ3n) is 5.40. The van der Waals surface area contributed by atoms with E-state index in [-0.39, 0.29) is 12.4 Å². The van der Waals surface area contributed by atoms with Crippen LogP contribution in [0.5, 0.6) is 0 Å². The highest BCUT2D eigenvalue weighted by Gasteiger charge is 2.30. The van der Waals surface area contributed by atoms with E-state index < -0.39 is 0 Å². The zero-order valence-electron chi connectivity index (χ0n) is 13.4. The van der Waals surface area contributed by atoms with Gasteiger partial charge in [0.1, 0.15) is 0 Å². The number of hydrogen-bond donors (Lipinski definition) is 1. The zero-order valence-corrected chi connectivity index (χ0v) is 14.2. The Bertz CT molecular complexity index is 293. The summed E-state index contributed by atoms with van der Waals surface area (Å²) in [4.78, 5) is 5.45. The summed E-state index contributed by atoms with van der Waals surface area (Å²) in [5.41, 5.74) is 0. The molecule has 1 unspecified atom stereocenters. The Kier molecular flexibility index (Phi) is 7.23. The van der Waals surface area contributed by atoms with E-state index in [1.165, 1.54) is 65.0 Å². The van der Waals surface area contributed by atoms with Crippen LogP contribution in [0.15, 0.2) is 0 Å². The maximum atomic E-state index is 5.49. The third-order valence-corrected chi connectivity index (χ3v) is 5.40. The predicted molar refractivity (Wildman–Crippen MR) is 89.3 cm³/mol. The van der Waals surface area contributed by atoms with Crippen LogP contribution in [0.2, 0.25) is 0 Å². The molecule has 0 aromatic carbocycles. The van der Waals surface area contributed by atoms with Crippen molar-refractivity contribution in [1.29, 1.82) is 0 Å². The molecular formula is C16H32ClN3O. The van der Waals surface area contributed by atoms with Gasteiger partial charge in [-0.2, -0.15) is 0 Å². The predicted octanol–water partition coefficient (Wildman–Crippen LogP) is 1.59. The van der Waals surface area contributed by atoms with Gasteiger partial charge in [0.15, 0.2) is 0 Å². The standard InChI is InChI=1S/C16H31N3O.ClH/c1-14-12-19(16-4-9-20-10-5-16)8-7-18(14)13-15-3-2-6-17-11-15;/h14-17H,2-13H2,1H3;1H/t14-,15?;/m0./s1. The summed E-state index contributed by atoms with van der Waals surface area (Å²) in [6.07, 6.45) is 5.25. The summed E-state index contributed by atoms with van der Waals surface area (Å²) in [6, 6.07) is 1.50. The Morgan fingerprint density at radius 1 is 1.14 bits per heavy atom. The van der Waals surface area contributed by atoms with Crippen molar-refractivity contribution in [2.45, 2.75) is 44.7 Å². The van der Waals surface area contributed by atoms with Gasteiger partial charge in [0.05, 0.1) is 0 Å². The minimum absolute atomic E-state index is 0. The molecule has 3 aliphatic rings. The van der Waals surface area contributed by atoms with Crippen molar-refractivity contribution in [2.75, 3.05) is 52.5 Å². The second-order valence-corrected chi connectivity index (χ2v) is 6.89. The average Bonchev–Trinajstić information content (AvgIpc) is 2.51. The molecule has 124 valence electrons. The van der Waals surface area contributed by atoms with Crippen LogP contribution in [-0.2, 0) is 4.74 Å². The number of halogens is 1. The second-order valence-electron chi connectivity index (χ2n) is 6.89. The van der Waals surface area contributed by atoms with E-state index in [0.29, 0.717) is 6.04 Å². The van der Waals surface area contributed by atoms with Crippen molar-refractivity contribution >= 4 is 12.4 Å². The van der Waals surface area contributed by atoms with Crippen LogP contribution in [0, 0.1) is 5.92 Å². The van der Waals surface area contributed by atoms with Gasteiger partial charge in [-0.15, -0.1) is 12.4 Å². The maximum Gasteiger partial charge on any atom is 0.0480 e. The minimum Gasteiger partial charge on any atom is -0.381 e. The van der Waals surface area contributed by atoms with Gasteiger partial charge in [-0.1, -0.05) is 0 Å². The van der Waals surface area contributed by atoms with E-state index in [1.807, 2.05) is 0 Å². The summed E-state index contributed by atoms with van der Waals surface area (Å²) in [6.45, 7) is 11.9. The quantitative estimate of drug-likeness (QED) is 0.855. The molecule has 0 aromatic heterocycles. The first-order valence-electron chi connectivity index (χ1n) is 8.59. The summed E-state index contributed by atoms with van der Waals surface area (Å²) in [5, 5.41) is 3.55. The molecule has 3 saturated heterocycles. The first kappa shape index (κ1) is 17.5. The number of hydrogen-bond acceptors (Lipinski definition) is 4. The fraction of sp³-hybridized carbons (Fsp3) is 1.00. The lowest BCUT2D eigenvalue weighted by molar-refractivity contribution is -0.00563. The molecule has 0 spiro atoms. The molecule has 4 nitrogen and oxygen atoms in total. The van der Waals surface area contributed by atoms with Crippen LogP contribution >= 0.6 is 12.4 Å². The van der Waals surface area contributed by atoms with Crippen molar-refractivity contribution < 1.29 is 4.74 Å². The van der Waals surface area contributed by atoms with Gasteiger partial charge in [0.25, 0.3) is 0 Å². The Morgan fingerprint density at radius 2 is 1.95 bits per heavy atom. The molecular weight excluding hydrogens is 286 g/mol. The lowest BCUT2D eigenvalue weighted by Crippen LogP contribution is -2.57. The van der Waals surface area contributed by atoms with Crippen LogP contribution in [0.4, 0.5) is 0 Å². The SMILES string of the molecule is C[C@H]1CN(C2CCOCC2)CCN1CC1CCCNC1.Cl. The highest BCUT2D eigenvalue weighted by molar-refractivity contribution is 5.85. The van der Waals surface area contributed by atoms with E-state index in [1.54, 1.807) is 0 Å². The molecule has 0 amide bonds. The number of piperazine rings is 1. The van der Waals surface area contributed by atoms with Gasteiger partial charge in [0, 0.05) is 51.5 Å². The van der Waals surface area contributed by atoms with Crippen LogP contribution in [-0.4, -0.2) is 74.4 Å². The average molecular weight is 318 g/mol. The fourth-order valence-corrected chi connectivity index (χ4v) is 4.09. The van der Waals surface area contributed by atoms with Crippen molar-refractivity contribution in [2.24, 2.45) is 5.92 Å². The van der Waals surface area contributed by atoms with Gasteiger partial charge in [-0.25, -0.2) is 0 Å². The highest BCUT2D eigenvalue weighted by Crippen LogP contribution is 2.21. The molecule has 0 aromatic rings. The number of ether oxygens (including phenoxy) is 1. The fourth-order valence-electron chi connectivity index (χ4n) is 4.09. The van der Waals surface area contributed by atoms with E-state index >= 15 is 0 Å². The van der Waals surface area contributed by atoms with E-state index in [4.69, 9.17) is 4.74 Å². The first-order valence-corrected chi connectivity index (χ1v) is 8.59. The van der Waals surface area contributed by atoms with E-state index in [2.05, 4.69) is 22.0 Å². The van der Waals surface area contributed by atoms with Crippen LogP contribution in [0.25, 0.3) is 0 Å². The largest absolute Gasteiger partial charge is 0.381 e. The monoisotopic (exact) mass is 317 g/mol. The van der Waals surface area contributed by atoms with Gasteiger partial charge in [0.2, 0.25) is 0 Å². The van der Waals surface area contributed by atoms with Gasteiger partial charge in [-0.05, 0) is 51.6 Å². The number of nitrogens with zero attached hydrogens (tertiary/aromatic N) is 2. The van der Waals surface area contributed by atoms with Gasteiger partial charge in [-0.3, -0.25) is 9.80 Å². The van der Waals surface area contributed by atoms with Crippen molar-refractivity contribution in [3.8, 4) is 0 Å². The number of piperidine rings is 1. The smallest absolute Gasteiger partial charge is 0.0480 e. The Hall–Kier alpha value is 0.130. The minimum atomic E-state index is 0. The van der Waals surface area contributed by atoms with Gasteiger partial charge < -0.3 is 10.1 Å². The summed E-state index contributed by atoms with van der Waals surface area (Å²) < 4.78 is 5.49. The molecule has 0 radical (unpaired) electrons. The maximum absolute atomic E-state index is 5.49. The summed E-state index contributed by atoms with van der Waals surface area (Å²) in [5.74, 6) is 0.876. The molecule has 2 atom stereocenters. The Balaban J connectivity index is 0.00000161. The molecule has 0 saturated carbocycles. The molecule has 0 bridgehead atoms. The second kappa shape index (κ2) is 8.68. The molecule has 1 N–H and O–H groups in total. The summed E-state index contributed by atoms with van der Waals surface area (Å²) in [7, 11) is 0. The van der Waals surface area contributed by atoms with E-state index in [9.17, 15) is 0 Å². The van der Waals surface area contributed by atoms with Crippen molar-refractivity contribution in [3.05, 3.63) is 0 Å². The Labute approximate surface area is 136 Å². The molecule has 3 aliphatic heterocycles. The van der Waals surface area contributed by atoms with E-state index in [0.717, 1.165) is 25.2 Å². The van der Waals surface area contributed by atoms with Gasteiger partial charge >= 0.3 is 0 Å². The first-order chi connectivity index (χ1) is 9.83. The lowest BCUT2D eigenvalue weighted by Gasteiger charge is -2.45. The molecule has 21 heavy (non-hydrogen) atoms. The lowest BCUT2D eigenvalue weighted by atomic mass is 9.97. The van der Waals surface area contributed by atoms with Crippen LogP contribution < -0.4 is 5.32 Å². The Morgan fingerprint density at radius 3 is 2.62 bits per heavy atom. The summed E-state index contributed by atoms with van der Waals surface area (Å²) >= 11 is 0. The topological polar surface area (TPSA) is 27.7 Å². The zero-order chi connectivity index (χ0) is 13.8. The van der Waals surface area contributed by atoms with Crippen LogP contribution in [0.1, 0.15) is 32.6 Å².